The molecule has 92 valence electrons. The summed E-state index contributed by atoms with van der Waals surface area (Å²) in [6.45, 7) is 11.9. The lowest BCUT2D eigenvalue weighted by Gasteiger charge is -2.21. The van der Waals surface area contributed by atoms with E-state index in [1.165, 1.54) is 12.8 Å². The van der Waals surface area contributed by atoms with E-state index in [-0.39, 0.29) is 0 Å². The molecule has 0 radical (unpaired) electrons. The molecule has 0 aliphatic carbocycles. The summed E-state index contributed by atoms with van der Waals surface area (Å²) in [6.07, 6.45) is 2.42. The fraction of sp³-hybridized carbons (Fsp3) is 1.00. The van der Waals surface area contributed by atoms with Crippen LogP contribution in [0.15, 0.2) is 0 Å². The Labute approximate surface area is 95.2 Å². The molecule has 0 aliphatic heterocycles. The van der Waals surface area contributed by atoms with E-state index in [1.54, 1.807) is 7.11 Å². The Bertz CT molecular complexity index is 121. The Morgan fingerprint density at radius 2 is 1.87 bits per heavy atom. The van der Waals surface area contributed by atoms with Gasteiger partial charge in [-0.2, -0.15) is 0 Å². The SMILES string of the molecule is CCCC(COC)NCCN(CC)CC. The van der Waals surface area contributed by atoms with Gasteiger partial charge in [0.25, 0.3) is 0 Å². The van der Waals surface area contributed by atoms with E-state index in [0.29, 0.717) is 6.04 Å². The Balaban J connectivity index is 3.59. The molecule has 3 nitrogen and oxygen atoms in total. The summed E-state index contributed by atoms with van der Waals surface area (Å²) in [5, 5.41) is 3.55. The number of hydrogen-bond donors (Lipinski definition) is 1. The van der Waals surface area contributed by atoms with Gasteiger partial charge in [-0.05, 0) is 19.5 Å². The number of rotatable bonds is 10. The molecular formula is C12H28N2O. The van der Waals surface area contributed by atoms with E-state index in [1.807, 2.05) is 0 Å². The molecule has 0 saturated heterocycles. The largest absolute Gasteiger partial charge is 0.383 e. The quantitative estimate of drug-likeness (QED) is 0.602. The number of hydrogen-bond acceptors (Lipinski definition) is 3. The molecular weight excluding hydrogens is 188 g/mol. The maximum Gasteiger partial charge on any atom is 0.0615 e. The van der Waals surface area contributed by atoms with Crippen LogP contribution in [0.1, 0.15) is 33.6 Å². The molecule has 0 fully saturated rings. The third kappa shape index (κ3) is 7.77. The van der Waals surface area contributed by atoms with Gasteiger partial charge in [-0.15, -0.1) is 0 Å². The van der Waals surface area contributed by atoms with E-state index >= 15 is 0 Å². The molecule has 0 aromatic carbocycles. The van der Waals surface area contributed by atoms with Gasteiger partial charge in [-0.1, -0.05) is 27.2 Å². The third-order valence-corrected chi connectivity index (χ3v) is 2.76. The van der Waals surface area contributed by atoms with Crippen molar-refractivity contribution in [2.75, 3.05) is 39.9 Å². The summed E-state index contributed by atoms with van der Waals surface area (Å²) in [7, 11) is 1.77. The van der Waals surface area contributed by atoms with Gasteiger partial charge in [-0.25, -0.2) is 0 Å². The molecule has 3 heteroatoms. The summed E-state index contributed by atoms with van der Waals surface area (Å²) in [5.74, 6) is 0. The van der Waals surface area contributed by atoms with Crippen molar-refractivity contribution < 1.29 is 4.74 Å². The molecule has 0 aromatic heterocycles. The molecule has 0 rings (SSSR count). The Morgan fingerprint density at radius 3 is 2.33 bits per heavy atom. The van der Waals surface area contributed by atoms with Crippen LogP contribution in [0.4, 0.5) is 0 Å². The normalized spacial score (nSPS) is 13.4. The van der Waals surface area contributed by atoms with Gasteiger partial charge in [0.1, 0.15) is 0 Å². The predicted octanol–water partition coefficient (Wildman–Crippen LogP) is 1.73. The summed E-state index contributed by atoms with van der Waals surface area (Å²) in [5.41, 5.74) is 0. The van der Waals surface area contributed by atoms with Crippen molar-refractivity contribution in [1.82, 2.24) is 10.2 Å². The van der Waals surface area contributed by atoms with Crippen LogP contribution < -0.4 is 5.32 Å². The topological polar surface area (TPSA) is 24.5 Å². The number of ether oxygens (including phenoxy) is 1. The monoisotopic (exact) mass is 216 g/mol. The summed E-state index contributed by atoms with van der Waals surface area (Å²) in [6, 6.07) is 0.524. The molecule has 0 heterocycles. The van der Waals surface area contributed by atoms with Gasteiger partial charge >= 0.3 is 0 Å². The van der Waals surface area contributed by atoms with E-state index in [4.69, 9.17) is 4.74 Å². The van der Waals surface area contributed by atoms with Crippen molar-refractivity contribution in [3.63, 3.8) is 0 Å². The zero-order valence-electron chi connectivity index (χ0n) is 10.9. The lowest BCUT2D eigenvalue weighted by Crippen LogP contribution is -2.39. The van der Waals surface area contributed by atoms with E-state index < -0.39 is 0 Å². The van der Waals surface area contributed by atoms with E-state index in [9.17, 15) is 0 Å². The summed E-state index contributed by atoms with van der Waals surface area (Å²) in [4.78, 5) is 2.43. The van der Waals surface area contributed by atoms with Crippen molar-refractivity contribution in [3.8, 4) is 0 Å². The maximum absolute atomic E-state index is 5.19. The van der Waals surface area contributed by atoms with Gasteiger partial charge in [0.05, 0.1) is 6.61 Å². The van der Waals surface area contributed by atoms with Crippen LogP contribution in [0.3, 0.4) is 0 Å². The van der Waals surface area contributed by atoms with Crippen molar-refractivity contribution in [3.05, 3.63) is 0 Å². The first kappa shape index (κ1) is 14.9. The second-order valence-electron chi connectivity index (χ2n) is 3.92. The minimum atomic E-state index is 0.524. The second kappa shape index (κ2) is 10.4. The van der Waals surface area contributed by atoms with Crippen molar-refractivity contribution >= 4 is 0 Å². The van der Waals surface area contributed by atoms with E-state index in [0.717, 1.165) is 32.8 Å². The Hall–Kier alpha value is -0.120. The number of likely N-dealkylation sites (N-methyl/N-ethyl adjacent to an activating group) is 1. The molecule has 0 bridgehead atoms. The smallest absolute Gasteiger partial charge is 0.0615 e. The average molecular weight is 216 g/mol. The standard InChI is InChI=1S/C12H28N2O/c1-5-8-12(11-15-4)13-9-10-14(6-2)7-3/h12-13H,5-11H2,1-4H3. The maximum atomic E-state index is 5.19. The van der Waals surface area contributed by atoms with Crippen LogP contribution in [-0.2, 0) is 4.74 Å². The van der Waals surface area contributed by atoms with Crippen LogP contribution in [-0.4, -0.2) is 50.8 Å². The molecule has 0 aromatic rings. The first-order valence-corrected chi connectivity index (χ1v) is 6.23. The van der Waals surface area contributed by atoms with Crippen molar-refractivity contribution in [2.45, 2.75) is 39.7 Å². The zero-order valence-corrected chi connectivity index (χ0v) is 10.9. The molecule has 0 spiro atoms. The summed E-state index contributed by atoms with van der Waals surface area (Å²) < 4.78 is 5.19. The minimum Gasteiger partial charge on any atom is -0.383 e. The van der Waals surface area contributed by atoms with Crippen molar-refractivity contribution in [2.24, 2.45) is 0 Å². The minimum absolute atomic E-state index is 0.524. The third-order valence-electron chi connectivity index (χ3n) is 2.76. The molecule has 15 heavy (non-hydrogen) atoms. The molecule has 1 atom stereocenters. The first-order chi connectivity index (χ1) is 7.28. The molecule has 0 saturated carbocycles. The van der Waals surface area contributed by atoms with Gasteiger partial charge in [0.15, 0.2) is 0 Å². The van der Waals surface area contributed by atoms with Gasteiger partial charge < -0.3 is 15.0 Å². The molecule has 0 amide bonds. The fourth-order valence-corrected chi connectivity index (χ4v) is 1.76. The highest BCUT2D eigenvalue weighted by molar-refractivity contribution is 4.66. The molecule has 1 unspecified atom stereocenters. The van der Waals surface area contributed by atoms with Gasteiger partial charge in [0.2, 0.25) is 0 Å². The number of nitrogens with zero attached hydrogens (tertiary/aromatic N) is 1. The lowest BCUT2D eigenvalue weighted by molar-refractivity contribution is 0.159. The summed E-state index contributed by atoms with van der Waals surface area (Å²) >= 11 is 0. The van der Waals surface area contributed by atoms with Gasteiger partial charge in [0, 0.05) is 26.2 Å². The highest BCUT2D eigenvalue weighted by Gasteiger charge is 2.06. The van der Waals surface area contributed by atoms with Gasteiger partial charge in [-0.3, -0.25) is 0 Å². The predicted molar refractivity (Wildman–Crippen MR) is 66.4 cm³/mol. The van der Waals surface area contributed by atoms with Crippen LogP contribution >= 0.6 is 0 Å². The zero-order chi connectivity index (χ0) is 11.5. The average Bonchev–Trinajstić information content (AvgIpc) is 2.25. The van der Waals surface area contributed by atoms with Crippen LogP contribution in [0.25, 0.3) is 0 Å². The Morgan fingerprint density at radius 1 is 1.20 bits per heavy atom. The Kier molecular flexibility index (Phi) is 10.3. The van der Waals surface area contributed by atoms with Crippen LogP contribution in [0.2, 0.25) is 0 Å². The molecule has 1 N–H and O–H groups in total. The van der Waals surface area contributed by atoms with Crippen LogP contribution in [0, 0.1) is 0 Å². The first-order valence-electron chi connectivity index (χ1n) is 6.23. The van der Waals surface area contributed by atoms with Crippen LogP contribution in [0.5, 0.6) is 0 Å². The van der Waals surface area contributed by atoms with Crippen molar-refractivity contribution in [1.29, 1.82) is 0 Å². The second-order valence-corrected chi connectivity index (χ2v) is 3.92. The molecule has 0 aliphatic rings. The highest BCUT2D eigenvalue weighted by Crippen LogP contribution is 1.96. The lowest BCUT2D eigenvalue weighted by atomic mass is 10.2. The van der Waals surface area contributed by atoms with E-state index in [2.05, 4.69) is 31.0 Å². The number of nitrogens with one attached hydrogen (secondary N) is 1. The number of methoxy groups -OCH3 is 1. The highest BCUT2D eigenvalue weighted by atomic mass is 16.5. The fourth-order valence-electron chi connectivity index (χ4n) is 1.76.